The van der Waals surface area contributed by atoms with Gasteiger partial charge in [-0.05, 0) is 24.9 Å². The molecular weight excluding hydrogens is 280 g/mol. The maximum absolute atomic E-state index is 11.7. The number of hydrogen-bond acceptors (Lipinski definition) is 6. The molecule has 7 nitrogen and oxygen atoms in total. The number of halogens is 1. The summed E-state index contributed by atoms with van der Waals surface area (Å²) in [5.41, 5.74) is 0. The minimum Gasteiger partial charge on any atom is -0.354 e. The fourth-order valence-electron chi connectivity index (χ4n) is 2.76. The molecule has 0 aromatic carbocycles. The van der Waals surface area contributed by atoms with Crippen molar-refractivity contribution in [2.75, 3.05) is 36.4 Å². The molecule has 0 aliphatic carbocycles. The third-order valence-corrected chi connectivity index (χ3v) is 3.88. The number of nitrogens with zero attached hydrogens (tertiary/aromatic N) is 5. The molecule has 8 heteroatoms. The zero-order valence-corrected chi connectivity index (χ0v) is 12.1. The Hall–Kier alpha value is -1.63. The zero-order chi connectivity index (χ0) is 14.1. The molecule has 1 amide bonds. The second-order valence-corrected chi connectivity index (χ2v) is 5.32. The van der Waals surface area contributed by atoms with Gasteiger partial charge in [-0.1, -0.05) is 0 Å². The molecule has 0 bridgehead atoms. The van der Waals surface area contributed by atoms with Crippen LogP contribution in [0.25, 0.3) is 0 Å². The van der Waals surface area contributed by atoms with Crippen LogP contribution in [-0.2, 0) is 4.79 Å². The van der Waals surface area contributed by atoms with Gasteiger partial charge in [-0.2, -0.15) is 15.0 Å². The van der Waals surface area contributed by atoms with E-state index in [2.05, 4.69) is 25.2 Å². The summed E-state index contributed by atoms with van der Waals surface area (Å²) in [6, 6.07) is 0.273. The molecule has 108 valence electrons. The lowest BCUT2D eigenvalue weighted by Gasteiger charge is -2.37. The van der Waals surface area contributed by atoms with Crippen molar-refractivity contribution in [3.8, 4) is 0 Å². The van der Waals surface area contributed by atoms with Crippen LogP contribution < -0.4 is 10.2 Å². The van der Waals surface area contributed by atoms with Crippen molar-refractivity contribution in [1.82, 2.24) is 19.9 Å². The fourth-order valence-corrected chi connectivity index (χ4v) is 2.92. The second-order valence-electron chi connectivity index (χ2n) is 4.98. The van der Waals surface area contributed by atoms with Crippen molar-refractivity contribution in [2.24, 2.45) is 0 Å². The van der Waals surface area contributed by atoms with E-state index in [1.54, 1.807) is 0 Å². The highest BCUT2D eigenvalue weighted by Gasteiger charge is 2.36. The van der Waals surface area contributed by atoms with Gasteiger partial charge in [-0.15, -0.1) is 0 Å². The minimum atomic E-state index is 0.191. The van der Waals surface area contributed by atoms with E-state index in [1.165, 1.54) is 0 Å². The van der Waals surface area contributed by atoms with Crippen LogP contribution in [0, 0.1) is 0 Å². The molecule has 2 saturated heterocycles. The summed E-state index contributed by atoms with van der Waals surface area (Å²) in [6.45, 7) is 4.92. The van der Waals surface area contributed by atoms with E-state index < -0.39 is 0 Å². The van der Waals surface area contributed by atoms with Gasteiger partial charge >= 0.3 is 0 Å². The van der Waals surface area contributed by atoms with E-state index in [0.717, 1.165) is 32.6 Å². The molecular formula is C12H17ClN6O. The Morgan fingerprint density at radius 2 is 2.20 bits per heavy atom. The molecule has 2 fully saturated rings. The molecule has 3 heterocycles. The lowest BCUT2D eigenvalue weighted by Crippen LogP contribution is -2.52. The highest BCUT2D eigenvalue weighted by molar-refractivity contribution is 6.28. The van der Waals surface area contributed by atoms with Crippen molar-refractivity contribution in [3.63, 3.8) is 0 Å². The van der Waals surface area contributed by atoms with Crippen molar-refractivity contribution in [2.45, 2.75) is 25.8 Å². The van der Waals surface area contributed by atoms with E-state index in [0.29, 0.717) is 18.3 Å². The SMILES string of the molecule is CCNc1nc(Cl)nc(N2CCN3C(=O)CCC3C2)n1. The lowest BCUT2D eigenvalue weighted by molar-refractivity contribution is -0.129. The number of aromatic nitrogens is 3. The van der Waals surface area contributed by atoms with Gasteiger partial charge in [0.1, 0.15) is 0 Å². The van der Waals surface area contributed by atoms with Crippen LogP contribution in [0.2, 0.25) is 5.28 Å². The molecule has 1 unspecified atom stereocenters. The average Bonchev–Trinajstić information content (AvgIpc) is 2.80. The summed E-state index contributed by atoms with van der Waals surface area (Å²) in [5.74, 6) is 1.34. The smallest absolute Gasteiger partial charge is 0.231 e. The number of amides is 1. The summed E-state index contributed by atoms with van der Waals surface area (Å²) < 4.78 is 0. The van der Waals surface area contributed by atoms with E-state index in [1.807, 2.05) is 11.8 Å². The quantitative estimate of drug-likeness (QED) is 0.888. The number of fused-ring (bicyclic) bond motifs is 1. The fraction of sp³-hybridized carbons (Fsp3) is 0.667. The normalized spacial score (nSPS) is 22.1. The predicted octanol–water partition coefficient (Wildman–Crippen LogP) is 0.768. The molecule has 1 aromatic heterocycles. The highest BCUT2D eigenvalue weighted by Crippen LogP contribution is 2.25. The van der Waals surface area contributed by atoms with E-state index in [4.69, 9.17) is 11.6 Å². The number of nitrogens with one attached hydrogen (secondary N) is 1. The van der Waals surface area contributed by atoms with Crippen LogP contribution in [-0.4, -0.2) is 58.0 Å². The van der Waals surface area contributed by atoms with Gasteiger partial charge in [0.25, 0.3) is 0 Å². The molecule has 3 rings (SSSR count). The molecule has 0 radical (unpaired) electrons. The van der Waals surface area contributed by atoms with Crippen molar-refractivity contribution >= 4 is 29.4 Å². The first-order valence-corrected chi connectivity index (χ1v) is 7.25. The van der Waals surface area contributed by atoms with Gasteiger partial charge < -0.3 is 15.1 Å². The molecule has 2 aliphatic heterocycles. The Kier molecular flexibility index (Phi) is 3.60. The Labute approximate surface area is 122 Å². The Bertz CT molecular complexity index is 525. The Morgan fingerprint density at radius 1 is 1.35 bits per heavy atom. The third-order valence-electron chi connectivity index (χ3n) is 3.71. The van der Waals surface area contributed by atoms with Gasteiger partial charge in [0.05, 0.1) is 0 Å². The largest absolute Gasteiger partial charge is 0.354 e. The summed E-state index contributed by atoms with van der Waals surface area (Å²) >= 11 is 5.95. The third kappa shape index (κ3) is 2.49. The maximum Gasteiger partial charge on any atom is 0.231 e. The van der Waals surface area contributed by atoms with Crippen LogP contribution in [0.1, 0.15) is 19.8 Å². The van der Waals surface area contributed by atoms with Gasteiger partial charge in [0.2, 0.25) is 23.1 Å². The number of hydrogen-bond donors (Lipinski definition) is 1. The van der Waals surface area contributed by atoms with E-state index in [-0.39, 0.29) is 17.2 Å². The van der Waals surface area contributed by atoms with Crippen molar-refractivity contribution < 1.29 is 4.79 Å². The Morgan fingerprint density at radius 3 is 3.00 bits per heavy atom. The lowest BCUT2D eigenvalue weighted by atomic mass is 10.2. The van der Waals surface area contributed by atoms with Crippen molar-refractivity contribution in [1.29, 1.82) is 0 Å². The minimum absolute atomic E-state index is 0.191. The van der Waals surface area contributed by atoms with Crippen LogP contribution in [0.5, 0.6) is 0 Å². The maximum atomic E-state index is 11.7. The molecule has 1 N–H and O–H groups in total. The first kappa shape index (κ1) is 13.4. The first-order chi connectivity index (χ1) is 9.67. The van der Waals surface area contributed by atoms with Crippen molar-refractivity contribution in [3.05, 3.63) is 5.28 Å². The van der Waals surface area contributed by atoms with Gasteiger partial charge in [-0.3, -0.25) is 4.79 Å². The van der Waals surface area contributed by atoms with Gasteiger partial charge in [-0.25, -0.2) is 0 Å². The average molecular weight is 297 g/mol. The summed E-state index contributed by atoms with van der Waals surface area (Å²) in [7, 11) is 0. The van der Waals surface area contributed by atoms with E-state index >= 15 is 0 Å². The first-order valence-electron chi connectivity index (χ1n) is 6.87. The van der Waals surface area contributed by atoms with Gasteiger partial charge in [0.15, 0.2) is 0 Å². The van der Waals surface area contributed by atoms with Gasteiger partial charge in [0, 0.05) is 38.6 Å². The molecule has 20 heavy (non-hydrogen) atoms. The number of anilines is 2. The Balaban J connectivity index is 1.78. The molecule has 0 spiro atoms. The van der Waals surface area contributed by atoms with Crippen LogP contribution in [0.3, 0.4) is 0 Å². The molecule has 2 aliphatic rings. The monoisotopic (exact) mass is 296 g/mol. The zero-order valence-electron chi connectivity index (χ0n) is 11.3. The number of rotatable bonds is 3. The summed E-state index contributed by atoms with van der Waals surface area (Å²) in [4.78, 5) is 28.3. The molecule has 1 aromatic rings. The number of carbonyl (C=O) groups excluding carboxylic acids is 1. The summed E-state index contributed by atoms with van der Waals surface area (Å²) in [6.07, 6.45) is 1.56. The van der Waals surface area contributed by atoms with Crippen LogP contribution >= 0.6 is 11.6 Å². The van der Waals surface area contributed by atoms with Crippen LogP contribution in [0.4, 0.5) is 11.9 Å². The second kappa shape index (κ2) is 5.40. The van der Waals surface area contributed by atoms with E-state index in [9.17, 15) is 4.79 Å². The highest BCUT2D eigenvalue weighted by atomic mass is 35.5. The number of carbonyl (C=O) groups is 1. The predicted molar refractivity (Wildman–Crippen MR) is 75.9 cm³/mol. The summed E-state index contributed by atoms with van der Waals surface area (Å²) in [5, 5.41) is 3.23. The number of piperazine rings is 1. The topological polar surface area (TPSA) is 74.2 Å². The molecule has 1 atom stereocenters. The standard InChI is InChI=1S/C12H17ClN6O/c1-2-14-11-15-10(13)16-12(17-11)18-5-6-19-8(7-18)3-4-9(19)20/h8H,2-7H2,1H3,(H,14,15,16,17). The van der Waals surface area contributed by atoms with Crippen LogP contribution in [0.15, 0.2) is 0 Å². The molecule has 0 saturated carbocycles.